The summed E-state index contributed by atoms with van der Waals surface area (Å²) in [5.41, 5.74) is 1.43. The smallest absolute Gasteiger partial charge is 0.0106 e. The zero-order valence-electron chi connectivity index (χ0n) is 13.2. The van der Waals surface area contributed by atoms with E-state index in [0.717, 1.165) is 18.5 Å². The maximum absolute atomic E-state index is 3.72. The summed E-state index contributed by atoms with van der Waals surface area (Å²) in [5.74, 6) is 2.75. The third-order valence-electron chi connectivity index (χ3n) is 4.37. The van der Waals surface area contributed by atoms with E-state index in [1.807, 2.05) is 11.8 Å². The molecule has 0 unspecified atom stereocenters. The molecule has 2 rings (SSSR count). The Morgan fingerprint density at radius 1 is 1.10 bits per heavy atom. The van der Waals surface area contributed by atoms with Crippen molar-refractivity contribution in [1.29, 1.82) is 0 Å². The monoisotopic (exact) mass is 291 g/mol. The second kappa shape index (κ2) is 8.09. The molecule has 0 radical (unpaired) electrons. The van der Waals surface area contributed by atoms with Gasteiger partial charge in [-0.05, 0) is 55.2 Å². The van der Waals surface area contributed by atoms with Crippen LogP contribution in [-0.4, -0.2) is 18.3 Å². The van der Waals surface area contributed by atoms with Crippen molar-refractivity contribution in [3.8, 4) is 0 Å². The van der Waals surface area contributed by atoms with Gasteiger partial charge in [-0.3, -0.25) is 0 Å². The molecule has 1 aliphatic rings. The highest BCUT2D eigenvalue weighted by Gasteiger charge is 2.16. The van der Waals surface area contributed by atoms with E-state index >= 15 is 0 Å². The van der Waals surface area contributed by atoms with Gasteiger partial charge in [0.05, 0.1) is 0 Å². The largest absolute Gasteiger partial charge is 0.313 e. The van der Waals surface area contributed by atoms with E-state index in [-0.39, 0.29) is 0 Å². The molecule has 0 bridgehead atoms. The molecular weight excluding hydrogens is 262 g/mol. The second-order valence-electron chi connectivity index (χ2n) is 6.48. The highest BCUT2D eigenvalue weighted by molar-refractivity contribution is 7.99. The van der Waals surface area contributed by atoms with Gasteiger partial charge in [0.2, 0.25) is 0 Å². The molecule has 1 aromatic carbocycles. The lowest BCUT2D eigenvalue weighted by atomic mass is 9.87. The quantitative estimate of drug-likeness (QED) is 0.580. The normalized spacial score (nSPS) is 23.2. The van der Waals surface area contributed by atoms with Crippen molar-refractivity contribution in [2.24, 2.45) is 5.92 Å². The van der Waals surface area contributed by atoms with Crippen molar-refractivity contribution in [3.05, 3.63) is 29.8 Å². The fourth-order valence-electron chi connectivity index (χ4n) is 2.85. The summed E-state index contributed by atoms with van der Waals surface area (Å²) in [4.78, 5) is 1.40. The van der Waals surface area contributed by atoms with Crippen LogP contribution in [0.5, 0.6) is 0 Å². The Labute approximate surface area is 128 Å². The van der Waals surface area contributed by atoms with Crippen molar-refractivity contribution in [2.75, 3.05) is 12.3 Å². The molecule has 0 spiro atoms. The van der Waals surface area contributed by atoms with Crippen LogP contribution in [0.15, 0.2) is 29.2 Å². The molecule has 0 saturated heterocycles. The van der Waals surface area contributed by atoms with E-state index in [4.69, 9.17) is 0 Å². The molecular formula is C18H29NS. The number of hydrogen-bond acceptors (Lipinski definition) is 2. The first-order valence-electron chi connectivity index (χ1n) is 8.11. The van der Waals surface area contributed by atoms with Gasteiger partial charge in [0.1, 0.15) is 0 Å². The van der Waals surface area contributed by atoms with Gasteiger partial charge in [0.15, 0.2) is 0 Å². The van der Waals surface area contributed by atoms with Gasteiger partial charge >= 0.3 is 0 Å². The minimum absolute atomic E-state index is 0.629. The fourth-order valence-corrected chi connectivity index (χ4v) is 3.63. The summed E-state index contributed by atoms with van der Waals surface area (Å²) in [6, 6.07) is 9.84. The number of benzene rings is 1. The van der Waals surface area contributed by atoms with Crippen molar-refractivity contribution in [2.45, 2.75) is 63.3 Å². The van der Waals surface area contributed by atoms with Crippen molar-refractivity contribution >= 4 is 11.8 Å². The number of nitrogens with one attached hydrogen (secondary N) is 1. The van der Waals surface area contributed by atoms with Gasteiger partial charge in [0.25, 0.3) is 0 Å². The molecule has 0 aliphatic heterocycles. The number of hydrogen-bond donors (Lipinski definition) is 1. The molecule has 1 fully saturated rings. The number of rotatable bonds is 6. The molecule has 0 atom stereocenters. The van der Waals surface area contributed by atoms with Crippen LogP contribution in [0.2, 0.25) is 0 Å². The standard InChI is InChI=1S/C18H29NS/c1-14(2)16-6-10-18(11-7-16)20-13-12-19-17-8-4-15(3)5-9-17/h6-7,10-11,14-15,17,19H,4-5,8-9,12-13H2,1-3H3. The lowest BCUT2D eigenvalue weighted by Crippen LogP contribution is -2.34. The SMILES string of the molecule is CC1CCC(NCCSc2ccc(C(C)C)cc2)CC1. The van der Waals surface area contributed by atoms with Crippen LogP contribution in [0.1, 0.15) is 57.9 Å². The molecule has 0 amide bonds. The predicted octanol–water partition coefficient (Wildman–Crippen LogP) is 5.07. The lowest BCUT2D eigenvalue weighted by molar-refractivity contribution is 0.312. The fraction of sp³-hybridized carbons (Fsp3) is 0.667. The lowest BCUT2D eigenvalue weighted by Gasteiger charge is -2.26. The summed E-state index contributed by atoms with van der Waals surface area (Å²) in [5, 5.41) is 3.72. The zero-order valence-corrected chi connectivity index (χ0v) is 14.0. The predicted molar refractivity (Wildman–Crippen MR) is 90.7 cm³/mol. The van der Waals surface area contributed by atoms with E-state index in [2.05, 4.69) is 50.4 Å². The average molecular weight is 292 g/mol. The first kappa shape index (κ1) is 15.9. The summed E-state index contributed by atoms with van der Waals surface area (Å²) in [6.07, 6.45) is 5.55. The van der Waals surface area contributed by atoms with Gasteiger partial charge in [-0.1, -0.05) is 32.9 Å². The van der Waals surface area contributed by atoms with Crippen LogP contribution in [0.25, 0.3) is 0 Å². The maximum Gasteiger partial charge on any atom is 0.0106 e. The van der Waals surface area contributed by atoms with Crippen LogP contribution >= 0.6 is 11.8 Å². The van der Waals surface area contributed by atoms with Gasteiger partial charge in [-0.25, -0.2) is 0 Å². The van der Waals surface area contributed by atoms with Gasteiger partial charge in [-0.15, -0.1) is 11.8 Å². The molecule has 112 valence electrons. The highest BCUT2D eigenvalue weighted by atomic mass is 32.2. The van der Waals surface area contributed by atoms with Crippen molar-refractivity contribution in [1.82, 2.24) is 5.32 Å². The molecule has 0 aromatic heterocycles. The highest BCUT2D eigenvalue weighted by Crippen LogP contribution is 2.24. The maximum atomic E-state index is 3.72. The Bertz CT molecular complexity index is 377. The topological polar surface area (TPSA) is 12.0 Å². The summed E-state index contributed by atoms with van der Waals surface area (Å²) in [6.45, 7) is 8.01. The van der Waals surface area contributed by atoms with E-state index in [1.54, 1.807) is 0 Å². The molecule has 1 nitrogen and oxygen atoms in total. The zero-order chi connectivity index (χ0) is 14.4. The van der Waals surface area contributed by atoms with Gasteiger partial charge in [-0.2, -0.15) is 0 Å². The first-order chi connectivity index (χ1) is 9.65. The van der Waals surface area contributed by atoms with Gasteiger partial charge < -0.3 is 5.32 Å². The van der Waals surface area contributed by atoms with E-state index < -0.39 is 0 Å². The Balaban J connectivity index is 1.63. The molecule has 1 aromatic rings. The molecule has 20 heavy (non-hydrogen) atoms. The molecule has 2 heteroatoms. The summed E-state index contributed by atoms with van der Waals surface area (Å²) < 4.78 is 0. The van der Waals surface area contributed by atoms with E-state index in [1.165, 1.54) is 41.9 Å². The minimum Gasteiger partial charge on any atom is -0.313 e. The Kier molecular flexibility index (Phi) is 6.44. The van der Waals surface area contributed by atoms with Crippen LogP contribution in [0.3, 0.4) is 0 Å². The van der Waals surface area contributed by atoms with Crippen LogP contribution < -0.4 is 5.32 Å². The van der Waals surface area contributed by atoms with E-state index in [0.29, 0.717) is 5.92 Å². The van der Waals surface area contributed by atoms with Crippen LogP contribution in [-0.2, 0) is 0 Å². The third-order valence-corrected chi connectivity index (χ3v) is 5.38. The molecule has 0 heterocycles. The van der Waals surface area contributed by atoms with Gasteiger partial charge in [0, 0.05) is 23.2 Å². The average Bonchev–Trinajstić information content (AvgIpc) is 2.46. The van der Waals surface area contributed by atoms with Crippen molar-refractivity contribution in [3.63, 3.8) is 0 Å². The summed E-state index contributed by atoms with van der Waals surface area (Å²) >= 11 is 1.97. The third kappa shape index (κ3) is 5.14. The van der Waals surface area contributed by atoms with Crippen molar-refractivity contribution < 1.29 is 0 Å². The van der Waals surface area contributed by atoms with Crippen LogP contribution in [0, 0.1) is 5.92 Å². The minimum atomic E-state index is 0.629. The Hall–Kier alpha value is -0.470. The molecule has 1 N–H and O–H groups in total. The Morgan fingerprint density at radius 2 is 1.75 bits per heavy atom. The second-order valence-corrected chi connectivity index (χ2v) is 7.65. The Morgan fingerprint density at radius 3 is 2.35 bits per heavy atom. The first-order valence-corrected chi connectivity index (χ1v) is 9.10. The molecule has 1 aliphatic carbocycles. The van der Waals surface area contributed by atoms with E-state index in [9.17, 15) is 0 Å². The molecule has 1 saturated carbocycles. The number of thioether (sulfide) groups is 1. The summed E-state index contributed by atoms with van der Waals surface area (Å²) in [7, 11) is 0. The van der Waals surface area contributed by atoms with Crippen LogP contribution in [0.4, 0.5) is 0 Å².